The zero-order chi connectivity index (χ0) is 20.3. The topological polar surface area (TPSA) is 120 Å². The van der Waals surface area contributed by atoms with Crippen LogP contribution in [0.5, 0.6) is 6.01 Å². The van der Waals surface area contributed by atoms with Crippen molar-refractivity contribution in [3.05, 3.63) is 18.3 Å². The number of nitrogens with zero attached hydrogens (tertiary/aromatic N) is 5. The van der Waals surface area contributed by atoms with Gasteiger partial charge in [-0.1, -0.05) is 5.21 Å². The standard InChI is InChI=1S/C15H14F3N5O4S/c1-14(24)6-2-3-10(14)23-12-9(21-22-23)5-4-8-7-19-13(20-11(8)12)27-28(25,26)15(16,17)18/h4-5,7,10,24H,2-3,6H2,1H3/t10-,14-/m1/s1. The highest BCUT2D eigenvalue weighted by Crippen LogP contribution is 2.40. The molecule has 0 saturated heterocycles. The fraction of sp³-hybridized carbons (Fsp3) is 0.467. The predicted molar refractivity (Wildman–Crippen MR) is 89.7 cm³/mol. The Morgan fingerprint density at radius 1 is 1.36 bits per heavy atom. The van der Waals surface area contributed by atoms with Gasteiger partial charge in [-0.15, -0.1) is 5.10 Å². The number of hydrogen-bond acceptors (Lipinski definition) is 8. The molecular formula is C15H14F3N5O4S. The van der Waals surface area contributed by atoms with E-state index in [1.165, 1.54) is 4.68 Å². The molecule has 2 heterocycles. The molecule has 4 rings (SSSR count). The molecule has 0 aliphatic heterocycles. The third-order valence-electron chi connectivity index (χ3n) is 4.80. The Bertz CT molecular complexity index is 1180. The molecule has 2 aromatic heterocycles. The molecule has 1 saturated carbocycles. The Kier molecular flexibility index (Phi) is 4.01. The van der Waals surface area contributed by atoms with E-state index < -0.39 is 33.3 Å². The van der Waals surface area contributed by atoms with E-state index in [0.29, 0.717) is 29.3 Å². The molecule has 1 aliphatic rings. The molecule has 1 aliphatic carbocycles. The summed E-state index contributed by atoms with van der Waals surface area (Å²) in [7, 11) is -5.91. The van der Waals surface area contributed by atoms with Gasteiger partial charge in [0.1, 0.15) is 16.6 Å². The fourth-order valence-electron chi connectivity index (χ4n) is 3.42. The Morgan fingerprint density at radius 3 is 2.75 bits per heavy atom. The highest BCUT2D eigenvalue weighted by Gasteiger charge is 2.49. The first-order valence-electron chi connectivity index (χ1n) is 8.23. The van der Waals surface area contributed by atoms with Gasteiger partial charge in [0.15, 0.2) is 0 Å². The van der Waals surface area contributed by atoms with Crippen molar-refractivity contribution < 1.29 is 30.9 Å². The second-order valence-electron chi connectivity index (χ2n) is 6.81. The monoisotopic (exact) mass is 417 g/mol. The van der Waals surface area contributed by atoms with Crippen LogP contribution in [0.25, 0.3) is 21.9 Å². The van der Waals surface area contributed by atoms with Crippen molar-refractivity contribution in [2.24, 2.45) is 0 Å². The van der Waals surface area contributed by atoms with Gasteiger partial charge >= 0.3 is 21.6 Å². The lowest BCUT2D eigenvalue weighted by molar-refractivity contribution is -0.0502. The summed E-state index contributed by atoms with van der Waals surface area (Å²) in [5.74, 6) is 0. The molecule has 3 aromatic rings. The Balaban J connectivity index is 1.88. The zero-order valence-electron chi connectivity index (χ0n) is 14.4. The van der Waals surface area contributed by atoms with Crippen molar-refractivity contribution in [1.82, 2.24) is 25.0 Å². The van der Waals surface area contributed by atoms with Crippen molar-refractivity contribution in [2.45, 2.75) is 43.3 Å². The molecule has 1 fully saturated rings. The van der Waals surface area contributed by atoms with Crippen LogP contribution in [0.2, 0.25) is 0 Å². The predicted octanol–water partition coefficient (Wildman–Crippen LogP) is 2.08. The summed E-state index contributed by atoms with van der Waals surface area (Å²) in [5, 5.41) is 19.1. The van der Waals surface area contributed by atoms with E-state index in [2.05, 4.69) is 24.5 Å². The maximum Gasteiger partial charge on any atom is 0.534 e. The van der Waals surface area contributed by atoms with Crippen LogP contribution in [0.1, 0.15) is 32.2 Å². The number of aliphatic hydroxyl groups is 1. The minimum atomic E-state index is -5.91. The van der Waals surface area contributed by atoms with Crippen LogP contribution in [0.4, 0.5) is 13.2 Å². The molecule has 0 amide bonds. The van der Waals surface area contributed by atoms with Gasteiger partial charge in [-0.25, -0.2) is 9.67 Å². The molecular weight excluding hydrogens is 403 g/mol. The fourth-order valence-corrected chi connectivity index (χ4v) is 3.79. The summed E-state index contributed by atoms with van der Waals surface area (Å²) in [5.41, 5.74) is -5.80. The number of benzene rings is 1. The summed E-state index contributed by atoms with van der Waals surface area (Å²) >= 11 is 0. The van der Waals surface area contributed by atoms with Crippen molar-refractivity contribution >= 4 is 32.1 Å². The van der Waals surface area contributed by atoms with Gasteiger partial charge in [0.2, 0.25) is 0 Å². The van der Waals surface area contributed by atoms with Crippen LogP contribution in [0.15, 0.2) is 18.3 Å². The van der Waals surface area contributed by atoms with Gasteiger partial charge < -0.3 is 9.29 Å². The first kappa shape index (κ1) is 18.8. The number of fused-ring (bicyclic) bond motifs is 3. The molecule has 0 bridgehead atoms. The van der Waals surface area contributed by atoms with Crippen LogP contribution in [-0.2, 0) is 10.1 Å². The van der Waals surface area contributed by atoms with Gasteiger partial charge in [-0.05, 0) is 38.3 Å². The summed E-state index contributed by atoms with van der Waals surface area (Å²) in [4.78, 5) is 7.40. The van der Waals surface area contributed by atoms with Gasteiger partial charge in [-0.3, -0.25) is 0 Å². The van der Waals surface area contributed by atoms with Gasteiger partial charge in [0.25, 0.3) is 0 Å². The molecule has 150 valence electrons. The second kappa shape index (κ2) is 5.98. The normalized spacial score (nSPS) is 23.5. The minimum absolute atomic E-state index is 0.118. The molecule has 13 heteroatoms. The average molecular weight is 417 g/mol. The molecule has 0 unspecified atom stereocenters. The Labute approximate surface area is 156 Å². The summed E-state index contributed by atoms with van der Waals surface area (Å²) in [6.07, 6.45) is 3.08. The molecule has 1 N–H and O–H groups in total. The number of halogens is 3. The first-order valence-corrected chi connectivity index (χ1v) is 9.64. The van der Waals surface area contributed by atoms with E-state index in [4.69, 9.17) is 0 Å². The van der Waals surface area contributed by atoms with Gasteiger partial charge in [0.05, 0.1) is 11.6 Å². The summed E-state index contributed by atoms with van der Waals surface area (Å²) in [6, 6.07) is 1.82. The summed E-state index contributed by atoms with van der Waals surface area (Å²) in [6.45, 7) is 1.67. The van der Waals surface area contributed by atoms with Crippen LogP contribution in [0.3, 0.4) is 0 Å². The van der Waals surface area contributed by atoms with Gasteiger partial charge in [-0.2, -0.15) is 26.6 Å². The molecule has 0 spiro atoms. The molecule has 2 atom stereocenters. The van der Waals surface area contributed by atoms with Crippen LogP contribution >= 0.6 is 0 Å². The van der Waals surface area contributed by atoms with E-state index in [1.807, 2.05) is 0 Å². The quantitative estimate of drug-likeness (QED) is 0.508. The van der Waals surface area contributed by atoms with Crippen molar-refractivity contribution in [3.8, 4) is 6.01 Å². The molecule has 28 heavy (non-hydrogen) atoms. The third-order valence-corrected chi connectivity index (χ3v) is 5.74. The largest absolute Gasteiger partial charge is 0.534 e. The average Bonchev–Trinajstić information content (AvgIpc) is 3.15. The maximum absolute atomic E-state index is 12.6. The number of alkyl halides is 3. The molecule has 9 nitrogen and oxygen atoms in total. The number of hydrogen-bond donors (Lipinski definition) is 1. The van der Waals surface area contributed by atoms with E-state index >= 15 is 0 Å². The van der Waals surface area contributed by atoms with Crippen LogP contribution in [0, 0.1) is 0 Å². The molecule has 1 aromatic carbocycles. The van der Waals surface area contributed by atoms with E-state index in [1.54, 1.807) is 19.1 Å². The Hall–Kier alpha value is -2.54. The highest BCUT2D eigenvalue weighted by molar-refractivity contribution is 7.87. The highest BCUT2D eigenvalue weighted by atomic mass is 32.2. The first-order chi connectivity index (χ1) is 13.0. The third kappa shape index (κ3) is 2.94. The van der Waals surface area contributed by atoms with Crippen molar-refractivity contribution in [2.75, 3.05) is 0 Å². The van der Waals surface area contributed by atoms with E-state index in [9.17, 15) is 26.7 Å². The number of aromatic nitrogens is 5. The summed E-state index contributed by atoms with van der Waals surface area (Å²) < 4.78 is 65.7. The van der Waals surface area contributed by atoms with Crippen molar-refractivity contribution in [1.29, 1.82) is 0 Å². The van der Waals surface area contributed by atoms with Crippen LogP contribution < -0.4 is 4.18 Å². The number of rotatable bonds is 3. The lowest BCUT2D eigenvalue weighted by atomic mass is 10.0. The smallest absolute Gasteiger partial charge is 0.388 e. The van der Waals surface area contributed by atoms with Crippen LogP contribution in [-0.4, -0.2) is 49.6 Å². The maximum atomic E-state index is 12.6. The lowest BCUT2D eigenvalue weighted by Gasteiger charge is -2.25. The van der Waals surface area contributed by atoms with E-state index in [0.717, 1.165) is 12.6 Å². The minimum Gasteiger partial charge on any atom is -0.388 e. The van der Waals surface area contributed by atoms with Gasteiger partial charge in [0, 0.05) is 11.6 Å². The second-order valence-corrected chi connectivity index (χ2v) is 8.34. The lowest BCUT2D eigenvalue weighted by Crippen LogP contribution is -2.32. The SMILES string of the molecule is C[C@@]1(O)CCC[C@H]1n1nnc2ccc3cnc(OS(=O)(=O)C(F)(F)F)nc3c21. The van der Waals surface area contributed by atoms with Crippen molar-refractivity contribution in [3.63, 3.8) is 0 Å². The molecule has 0 radical (unpaired) electrons. The van der Waals surface area contributed by atoms with E-state index in [-0.39, 0.29) is 5.52 Å². The Morgan fingerprint density at radius 2 is 2.11 bits per heavy atom. The zero-order valence-corrected chi connectivity index (χ0v) is 15.2.